The molecule has 2 bridgehead atoms. The molecule has 0 saturated carbocycles. The first-order chi connectivity index (χ1) is 5.31. The molecule has 0 aromatic carbocycles. The van der Waals surface area contributed by atoms with Gasteiger partial charge in [0.2, 0.25) is 0 Å². The van der Waals surface area contributed by atoms with Gasteiger partial charge in [0.05, 0.1) is 0 Å². The molecule has 3 atom stereocenters. The first-order valence-corrected chi connectivity index (χ1v) is 6.11. The lowest BCUT2D eigenvalue weighted by Crippen LogP contribution is -2.40. The van der Waals surface area contributed by atoms with Gasteiger partial charge in [0.1, 0.15) is 0 Å². The topological polar surface area (TPSA) is 3.24 Å². The largest absolute Gasteiger partial charge is 0.300 e. The van der Waals surface area contributed by atoms with Gasteiger partial charge in [-0.15, -0.1) is 0 Å². The molecular formula is C9H16IN. The number of fused-ring (bicyclic) bond motifs is 2. The predicted octanol–water partition coefficient (Wildman–Crippen LogP) is 2.29. The van der Waals surface area contributed by atoms with Gasteiger partial charge in [0.25, 0.3) is 0 Å². The molecule has 2 heterocycles. The average Bonchev–Trinajstić information content (AvgIpc) is 2.26. The fourth-order valence-corrected chi connectivity index (χ4v) is 3.37. The summed E-state index contributed by atoms with van der Waals surface area (Å²) in [5.41, 5.74) is 0. The molecule has 2 aliphatic heterocycles. The number of hydrogen-bond acceptors (Lipinski definition) is 1. The Hall–Kier alpha value is 0.690. The monoisotopic (exact) mass is 265 g/mol. The van der Waals surface area contributed by atoms with Crippen LogP contribution in [0.1, 0.15) is 25.7 Å². The maximum absolute atomic E-state index is 2.61. The van der Waals surface area contributed by atoms with Crippen molar-refractivity contribution in [2.45, 2.75) is 37.8 Å². The van der Waals surface area contributed by atoms with Crippen LogP contribution in [0.5, 0.6) is 0 Å². The fourth-order valence-electron chi connectivity index (χ4n) is 2.65. The molecule has 2 heteroatoms. The summed E-state index contributed by atoms with van der Waals surface area (Å²) in [5.74, 6) is 1.03. The van der Waals surface area contributed by atoms with Crippen LogP contribution in [0.2, 0.25) is 0 Å². The van der Waals surface area contributed by atoms with Gasteiger partial charge in [-0.1, -0.05) is 22.6 Å². The zero-order valence-electron chi connectivity index (χ0n) is 7.09. The molecule has 2 aliphatic rings. The van der Waals surface area contributed by atoms with Crippen LogP contribution in [0.4, 0.5) is 0 Å². The molecule has 0 unspecified atom stereocenters. The van der Waals surface area contributed by atoms with E-state index in [2.05, 4.69) is 34.5 Å². The van der Waals surface area contributed by atoms with Crippen LogP contribution in [-0.4, -0.2) is 28.5 Å². The summed E-state index contributed by atoms with van der Waals surface area (Å²) < 4.78 is 1.37. The van der Waals surface area contributed by atoms with Crippen LogP contribution >= 0.6 is 22.6 Å². The van der Waals surface area contributed by atoms with Crippen molar-refractivity contribution in [3.8, 4) is 0 Å². The minimum atomic E-state index is 0.938. The highest BCUT2D eigenvalue weighted by Crippen LogP contribution is 2.37. The Morgan fingerprint density at radius 2 is 1.82 bits per heavy atom. The van der Waals surface area contributed by atoms with Crippen molar-refractivity contribution in [2.75, 3.05) is 11.5 Å². The van der Waals surface area contributed by atoms with Crippen LogP contribution in [0.15, 0.2) is 0 Å². The third-order valence-corrected chi connectivity index (χ3v) is 4.66. The maximum Gasteiger partial charge on any atom is 0.00986 e. The molecule has 0 aliphatic carbocycles. The second kappa shape index (κ2) is 3.21. The molecule has 2 fully saturated rings. The molecule has 1 nitrogen and oxygen atoms in total. The molecule has 64 valence electrons. The Balaban J connectivity index is 2.02. The SMILES string of the molecule is CN1[C@@H]2CC[C@H]1C[C@@H](CI)C2. The lowest BCUT2D eigenvalue weighted by Gasteiger charge is -2.35. The third-order valence-electron chi connectivity index (χ3n) is 3.41. The third kappa shape index (κ3) is 1.44. The second-order valence-electron chi connectivity index (χ2n) is 4.04. The summed E-state index contributed by atoms with van der Waals surface area (Å²) >= 11 is 2.54. The summed E-state index contributed by atoms with van der Waals surface area (Å²) in [7, 11) is 2.31. The maximum atomic E-state index is 2.61. The van der Waals surface area contributed by atoms with Gasteiger partial charge in [-0.3, -0.25) is 0 Å². The quantitative estimate of drug-likeness (QED) is 0.519. The van der Waals surface area contributed by atoms with Gasteiger partial charge in [-0.25, -0.2) is 0 Å². The Bertz CT molecular complexity index is 134. The molecule has 0 aromatic rings. The number of hydrogen-bond donors (Lipinski definition) is 0. The lowest BCUT2D eigenvalue weighted by molar-refractivity contribution is 0.144. The van der Waals surface area contributed by atoms with Crippen LogP contribution in [0, 0.1) is 5.92 Å². The Kier molecular flexibility index (Phi) is 2.42. The van der Waals surface area contributed by atoms with Gasteiger partial charge in [0.15, 0.2) is 0 Å². The average molecular weight is 265 g/mol. The predicted molar refractivity (Wildman–Crippen MR) is 56.2 cm³/mol. The summed E-state index contributed by atoms with van der Waals surface area (Å²) in [4.78, 5) is 2.61. The highest BCUT2D eigenvalue weighted by Gasteiger charge is 2.37. The van der Waals surface area contributed by atoms with E-state index >= 15 is 0 Å². The van der Waals surface area contributed by atoms with E-state index in [9.17, 15) is 0 Å². The molecule has 2 saturated heterocycles. The van der Waals surface area contributed by atoms with Crippen molar-refractivity contribution >= 4 is 22.6 Å². The van der Waals surface area contributed by atoms with E-state index in [4.69, 9.17) is 0 Å². The van der Waals surface area contributed by atoms with E-state index < -0.39 is 0 Å². The lowest BCUT2D eigenvalue weighted by atomic mass is 9.93. The van der Waals surface area contributed by atoms with Crippen LogP contribution in [0.3, 0.4) is 0 Å². The van der Waals surface area contributed by atoms with Crippen molar-refractivity contribution in [3.63, 3.8) is 0 Å². The molecular weight excluding hydrogens is 249 g/mol. The van der Waals surface area contributed by atoms with Crippen molar-refractivity contribution < 1.29 is 0 Å². The summed E-state index contributed by atoms with van der Waals surface area (Å²) in [6.45, 7) is 0. The molecule has 0 radical (unpaired) electrons. The van der Waals surface area contributed by atoms with Crippen LogP contribution in [0.25, 0.3) is 0 Å². The number of nitrogens with zero attached hydrogens (tertiary/aromatic N) is 1. The molecule has 0 N–H and O–H groups in total. The van der Waals surface area contributed by atoms with Gasteiger partial charge in [-0.05, 0) is 38.6 Å². The Morgan fingerprint density at radius 1 is 1.27 bits per heavy atom. The smallest absolute Gasteiger partial charge is 0.00986 e. The number of alkyl halides is 1. The first-order valence-electron chi connectivity index (χ1n) is 4.59. The zero-order valence-corrected chi connectivity index (χ0v) is 9.25. The van der Waals surface area contributed by atoms with E-state index in [1.807, 2.05) is 0 Å². The molecule has 11 heavy (non-hydrogen) atoms. The highest BCUT2D eigenvalue weighted by atomic mass is 127. The Morgan fingerprint density at radius 3 is 2.27 bits per heavy atom. The number of rotatable bonds is 1. The van der Waals surface area contributed by atoms with Gasteiger partial charge in [-0.2, -0.15) is 0 Å². The standard InChI is InChI=1S/C9H16IN/c1-11-8-2-3-9(11)5-7(4-8)6-10/h7-9H,2-6H2,1H3/t7-,8+,9-. The van der Waals surface area contributed by atoms with Crippen LogP contribution in [-0.2, 0) is 0 Å². The summed E-state index contributed by atoms with van der Waals surface area (Å²) in [5, 5.41) is 0. The van der Waals surface area contributed by atoms with Gasteiger partial charge >= 0.3 is 0 Å². The van der Waals surface area contributed by atoms with E-state index in [0.29, 0.717) is 0 Å². The van der Waals surface area contributed by atoms with Crippen molar-refractivity contribution in [1.82, 2.24) is 4.90 Å². The van der Waals surface area contributed by atoms with E-state index in [1.165, 1.54) is 30.1 Å². The normalized spacial score (nSPS) is 44.7. The zero-order chi connectivity index (χ0) is 7.84. The van der Waals surface area contributed by atoms with Crippen molar-refractivity contribution in [1.29, 1.82) is 0 Å². The summed E-state index contributed by atoms with van der Waals surface area (Å²) in [6.07, 6.45) is 5.87. The minimum Gasteiger partial charge on any atom is -0.300 e. The van der Waals surface area contributed by atoms with Crippen molar-refractivity contribution in [3.05, 3.63) is 0 Å². The second-order valence-corrected chi connectivity index (χ2v) is 4.92. The van der Waals surface area contributed by atoms with E-state index in [-0.39, 0.29) is 0 Å². The fraction of sp³-hybridized carbons (Fsp3) is 1.00. The number of piperidine rings is 1. The number of halogens is 1. The molecule has 0 spiro atoms. The highest BCUT2D eigenvalue weighted by molar-refractivity contribution is 14.1. The minimum absolute atomic E-state index is 0.938. The van der Waals surface area contributed by atoms with Gasteiger partial charge < -0.3 is 4.90 Å². The van der Waals surface area contributed by atoms with Crippen LogP contribution < -0.4 is 0 Å². The molecule has 0 amide bonds. The Labute approximate surface area is 82.7 Å². The first kappa shape index (κ1) is 8.30. The molecule has 2 rings (SSSR count). The summed E-state index contributed by atoms with van der Waals surface area (Å²) in [6, 6.07) is 1.88. The van der Waals surface area contributed by atoms with E-state index in [0.717, 1.165) is 18.0 Å². The van der Waals surface area contributed by atoms with E-state index in [1.54, 1.807) is 0 Å². The molecule has 0 aromatic heterocycles. The van der Waals surface area contributed by atoms with Crippen molar-refractivity contribution in [2.24, 2.45) is 5.92 Å². The van der Waals surface area contributed by atoms with Gasteiger partial charge in [0, 0.05) is 16.5 Å².